The Kier molecular flexibility index (Phi) is 3.83. The Morgan fingerprint density at radius 3 is 2.88 bits per heavy atom. The highest BCUT2D eigenvalue weighted by atomic mass is 19.1. The molecular weight excluding hydrogens is 321 g/mol. The second-order valence-corrected chi connectivity index (χ2v) is 6.23. The summed E-state index contributed by atoms with van der Waals surface area (Å²) in [5.41, 5.74) is 1.99. The van der Waals surface area contributed by atoms with E-state index >= 15 is 0 Å². The lowest BCUT2D eigenvalue weighted by Crippen LogP contribution is -2.19. The minimum atomic E-state index is -0.574. The van der Waals surface area contributed by atoms with E-state index in [1.54, 1.807) is 16.8 Å². The first-order chi connectivity index (χ1) is 12.2. The lowest BCUT2D eigenvalue weighted by molar-refractivity contribution is 0.0959. The fourth-order valence-electron chi connectivity index (χ4n) is 2.73. The van der Waals surface area contributed by atoms with Gasteiger partial charge >= 0.3 is 0 Å². The third-order valence-corrected chi connectivity index (χ3v) is 4.37. The molecule has 0 unspecified atom stereocenters. The van der Waals surface area contributed by atoms with E-state index in [2.05, 4.69) is 20.7 Å². The second-order valence-electron chi connectivity index (χ2n) is 6.23. The highest BCUT2D eigenvalue weighted by molar-refractivity contribution is 5.94. The van der Waals surface area contributed by atoms with Crippen molar-refractivity contribution in [3.63, 3.8) is 0 Å². The molecule has 0 aliphatic heterocycles. The lowest BCUT2D eigenvalue weighted by atomic mass is 10.1. The summed E-state index contributed by atoms with van der Waals surface area (Å²) >= 11 is 0. The number of benzene rings is 1. The predicted octanol–water partition coefficient (Wildman–Crippen LogP) is 2.72. The van der Waals surface area contributed by atoms with E-state index in [0.717, 1.165) is 18.3 Å². The van der Waals surface area contributed by atoms with Crippen molar-refractivity contribution >= 4 is 17.4 Å². The van der Waals surface area contributed by atoms with Crippen molar-refractivity contribution in [3.8, 4) is 11.3 Å². The summed E-state index contributed by atoms with van der Waals surface area (Å²) in [6, 6.07) is 8.27. The van der Waals surface area contributed by atoms with Crippen molar-refractivity contribution in [1.82, 2.24) is 19.9 Å². The maximum Gasteiger partial charge on any atom is 0.253 e. The molecule has 0 spiro atoms. The molecule has 2 heterocycles. The second kappa shape index (κ2) is 6.16. The van der Waals surface area contributed by atoms with Crippen LogP contribution >= 0.6 is 0 Å². The number of amides is 1. The molecule has 7 heteroatoms. The van der Waals surface area contributed by atoms with Gasteiger partial charge in [0.15, 0.2) is 5.65 Å². The molecule has 2 aromatic heterocycles. The predicted molar refractivity (Wildman–Crippen MR) is 93.0 cm³/mol. The molecule has 0 atom stereocenters. The molecule has 0 saturated heterocycles. The molecule has 2 N–H and O–H groups in total. The van der Waals surface area contributed by atoms with Gasteiger partial charge in [0.05, 0.1) is 17.5 Å². The van der Waals surface area contributed by atoms with Crippen LogP contribution in [0.5, 0.6) is 0 Å². The summed E-state index contributed by atoms with van der Waals surface area (Å²) in [7, 11) is 1.47. The van der Waals surface area contributed by atoms with Gasteiger partial charge in [-0.3, -0.25) is 4.79 Å². The highest BCUT2D eigenvalue weighted by Gasteiger charge is 2.21. The zero-order chi connectivity index (χ0) is 17.4. The number of carbonyl (C=O) groups excluding carboxylic acids is 1. The summed E-state index contributed by atoms with van der Waals surface area (Å²) in [5.74, 6) is 0.480. The molecule has 4 rings (SSSR count). The average Bonchev–Trinajstić information content (AvgIpc) is 3.37. The molecule has 1 fully saturated rings. The molecule has 25 heavy (non-hydrogen) atoms. The number of nitrogens with zero attached hydrogens (tertiary/aromatic N) is 3. The van der Waals surface area contributed by atoms with Gasteiger partial charge in [0.2, 0.25) is 0 Å². The van der Waals surface area contributed by atoms with Crippen molar-refractivity contribution in [2.24, 2.45) is 5.92 Å². The van der Waals surface area contributed by atoms with Crippen LogP contribution in [0, 0.1) is 11.7 Å². The van der Waals surface area contributed by atoms with Gasteiger partial charge in [-0.2, -0.15) is 0 Å². The standard InChI is InChI=1S/C18H18FN5O/c1-20-18(25)13-5-4-12(8-14(13)19)15-10-22-17-7-6-16(23-24(15)17)21-9-11-2-3-11/h4-8,10-11H,2-3,9H2,1H3,(H,20,25)(H,21,23). The normalized spacial score (nSPS) is 13.8. The zero-order valence-corrected chi connectivity index (χ0v) is 13.8. The monoisotopic (exact) mass is 339 g/mol. The number of aromatic nitrogens is 3. The number of hydrogen-bond acceptors (Lipinski definition) is 4. The number of rotatable bonds is 5. The summed E-state index contributed by atoms with van der Waals surface area (Å²) in [5, 5.41) is 10.3. The zero-order valence-electron chi connectivity index (χ0n) is 13.8. The van der Waals surface area contributed by atoms with Crippen LogP contribution in [0.15, 0.2) is 36.5 Å². The van der Waals surface area contributed by atoms with Crippen LogP contribution in [-0.4, -0.2) is 34.1 Å². The Bertz CT molecular complexity index is 948. The minimum absolute atomic E-state index is 0.0137. The lowest BCUT2D eigenvalue weighted by Gasteiger charge is -2.07. The topological polar surface area (TPSA) is 71.3 Å². The smallest absolute Gasteiger partial charge is 0.253 e. The van der Waals surface area contributed by atoms with E-state index < -0.39 is 11.7 Å². The molecule has 128 valence electrons. The third-order valence-electron chi connectivity index (χ3n) is 4.37. The first kappa shape index (κ1) is 15.6. The van der Waals surface area contributed by atoms with Gasteiger partial charge in [0, 0.05) is 19.2 Å². The van der Waals surface area contributed by atoms with Crippen LogP contribution in [0.3, 0.4) is 0 Å². The van der Waals surface area contributed by atoms with Gasteiger partial charge in [-0.1, -0.05) is 6.07 Å². The van der Waals surface area contributed by atoms with Crippen LogP contribution in [0.2, 0.25) is 0 Å². The molecule has 6 nitrogen and oxygen atoms in total. The van der Waals surface area contributed by atoms with E-state index in [4.69, 9.17) is 0 Å². The maximum atomic E-state index is 14.3. The van der Waals surface area contributed by atoms with Gasteiger partial charge in [0.25, 0.3) is 5.91 Å². The summed E-state index contributed by atoms with van der Waals surface area (Å²) in [6.45, 7) is 0.915. The Balaban J connectivity index is 1.69. The average molecular weight is 339 g/mol. The molecule has 1 saturated carbocycles. The number of hydrogen-bond donors (Lipinski definition) is 2. The molecule has 3 aromatic rings. The maximum absolute atomic E-state index is 14.3. The van der Waals surface area contributed by atoms with Crippen molar-refractivity contribution in [1.29, 1.82) is 0 Å². The molecule has 0 radical (unpaired) electrons. The Morgan fingerprint density at radius 2 is 2.16 bits per heavy atom. The van der Waals surface area contributed by atoms with Crippen LogP contribution in [-0.2, 0) is 0 Å². The van der Waals surface area contributed by atoms with Crippen LogP contribution in [0.1, 0.15) is 23.2 Å². The first-order valence-corrected chi connectivity index (χ1v) is 8.26. The summed E-state index contributed by atoms with van der Waals surface area (Å²) < 4.78 is 15.9. The fourth-order valence-corrected chi connectivity index (χ4v) is 2.73. The summed E-state index contributed by atoms with van der Waals surface area (Å²) in [6.07, 6.45) is 4.19. The number of carbonyl (C=O) groups is 1. The number of fused-ring (bicyclic) bond motifs is 1. The molecule has 1 aromatic carbocycles. The molecule has 1 aliphatic rings. The van der Waals surface area contributed by atoms with E-state index in [-0.39, 0.29) is 5.56 Å². The fraction of sp³-hybridized carbons (Fsp3) is 0.278. The van der Waals surface area contributed by atoms with Crippen LogP contribution in [0.25, 0.3) is 16.9 Å². The molecular formula is C18H18FN5O. The van der Waals surface area contributed by atoms with E-state index in [1.807, 2.05) is 12.1 Å². The van der Waals surface area contributed by atoms with E-state index in [9.17, 15) is 9.18 Å². The Labute approximate surface area is 144 Å². The number of halogens is 1. The summed E-state index contributed by atoms with van der Waals surface area (Å²) in [4.78, 5) is 15.9. The van der Waals surface area contributed by atoms with Crippen LogP contribution in [0.4, 0.5) is 10.2 Å². The van der Waals surface area contributed by atoms with E-state index in [1.165, 1.54) is 32.0 Å². The van der Waals surface area contributed by atoms with E-state index in [0.29, 0.717) is 16.9 Å². The number of nitrogens with one attached hydrogen (secondary N) is 2. The molecule has 0 bridgehead atoms. The largest absolute Gasteiger partial charge is 0.368 e. The SMILES string of the molecule is CNC(=O)c1ccc(-c2cnc3ccc(NCC4CC4)nn23)cc1F. The van der Waals surface area contributed by atoms with Crippen molar-refractivity contribution in [3.05, 3.63) is 47.9 Å². The van der Waals surface area contributed by atoms with Gasteiger partial charge in [0.1, 0.15) is 11.6 Å². The third kappa shape index (κ3) is 3.05. The first-order valence-electron chi connectivity index (χ1n) is 8.26. The number of anilines is 1. The Hall–Kier alpha value is -2.96. The molecule has 1 amide bonds. The highest BCUT2D eigenvalue weighted by Crippen LogP contribution is 2.29. The number of imidazole rings is 1. The van der Waals surface area contributed by atoms with Crippen molar-refractivity contribution in [2.45, 2.75) is 12.8 Å². The minimum Gasteiger partial charge on any atom is -0.368 e. The Morgan fingerprint density at radius 1 is 1.32 bits per heavy atom. The quantitative estimate of drug-likeness (QED) is 0.750. The van der Waals surface area contributed by atoms with Gasteiger partial charge < -0.3 is 10.6 Å². The van der Waals surface area contributed by atoms with Crippen molar-refractivity contribution in [2.75, 3.05) is 18.9 Å². The van der Waals surface area contributed by atoms with Crippen molar-refractivity contribution < 1.29 is 9.18 Å². The van der Waals surface area contributed by atoms with Gasteiger partial charge in [-0.15, -0.1) is 5.10 Å². The van der Waals surface area contributed by atoms with Gasteiger partial charge in [-0.25, -0.2) is 13.9 Å². The van der Waals surface area contributed by atoms with Gasteiger partial charge in [-0.05, 0) is 43.0 Å². The van der Waals surface area contributed by atoms with Crippen LogP contribution < -0.4 is 10.6 Å². The molecule has 1 aliphatic carbocycles.